The first kappa shape index (κ1) is 79.4. The smallest absolute Gasteiger partial charge is 0.119 e. The first-order valence-corrected chi connectivity index (χ1v) is 41.1. The molecule has 7 nitrogen and oxygen atoms in total. The standard InChI is InChI=1S/C38H32N2O.2C38H32N2/c1-39(34-23-25-38(41-2)26-24-34)33-19-21-35(22-20-33)40(36-17-9-15-31(27-36)29-11-5-3-6-12-29)37-18-10-16-32(28-37)30-13-7-4-8-14-30;1-29-12-9-19-36(26-29)39(2)34-22-24-35(25-23-34)40(37-20-10-17-32(27-37)30-13-5-3-6-14-30)38-21-11-18-33(28-38)31-15-7-4-8-16-31;1-29-19-21-34(22-20-29)39(2)35-23-25-36(26-24-35)40(37-17-9-15-32(27-37)30-11-5-3-6-12-30)38-18-10-16-33(28-38)31-13-7-4-8-14-31/h3-28H,1-2H3;2*3-28H,1-2H3. The maximum Gasteiger partial charge on any atom is 0.119 e. The van der Waals surface area contributed by atoms with Gasteiger partial charge in [-0.3, -0.25) is 0 Å². The van der Waals surface area contributed by atoms with Crippen molar-refractivity contribution in [2.24, 2.45) is 0 Å². The summed E-state index contributed by atoms with van der Waals surface area (Å²) in [4.78, 5) is 13.6. The van der Waals surface area contributed by atoms with Gasteiger partial charge >= 0.3 is 0 Å². The van der Waals surface area contributed by atoms with Gasteiger partial charge in [0.05, 0.1) is 7.11 Å². The number of aryl methyl sites for hydroxylation is 2. The molecular weight excluding hydrogens is 1470 g/mol. The van der Waals surface area contributed by atoms with Gasteiger partial charge in [0.1, 0.15) is 5.75 Å². The van der Waals surface area contributed by atoms with Crippen molar-refractivity contribution in [1.82, 2.24) is 0 Å². The Morgan fingerprint density at radius 3 is 0.570 bits per heavy atom. The highest BCUT2D eigenvalue weighted by molar-refractivity contribution is 5.88. The Morgan fingerprint density at radius 2 is 0.339 bits per heavy atom. The lowest BCUT2D eigenvalue weighted by Crippen LogP contribution is -2.12. The highest BCUT2D eigenvalue weighted by Gasteiger charge is 2.21. The van der Waals surface area contributed by atoms with Gasteiger partial charge in [0.2, 0.25) is 0 Å². The molecule has 18 rings (SSSR count). The number of ether oxygens (including phenoxy) is 1. The highest BCUT2D eigenvalue weighted by Crippen LogP contribution is 2.44. The molecule has 0 saturated carbocycles. The van der Waals surface area contributed by atoms with Gasteiger partial charge in [-0.05, 0) is 280 Å². The molecule has 0 spiro atoms. The molecule has 0 N–H and O–H groups in total. The molecule has 0 amide bonds. The first-order valence-electron chi connectivity index (χ1n) is 41.1. The normalized spacial score (nSPS) is 10.7. The van der Waals surface area contributed by atoms with Gasteiger partial charge in [-0.1, -0.05) is 285 Å². The Kier molecular flexibility index (Phi) is 25.0. The van der Waals surface area contributed by atoms with Crippen LogP contribution in [0, 0.1) is 13.8 Å². The van der Waals surface area contributed by atoms with Crippen molar-refractivity contribution < 1.29 is 4.74 Å². The van der Waals surface area contributed by atoms with Gasteiger partial charge in [-0.15, -0.1) is 0 Å². The van der Waals surface area contributed by atoms with Crippen LogP contribution in [0.1, 0.15) is 11.1 Å². The third-order valence-corrected chi connectivity index (χ3v) is 22.0. The Morgan fingerprint density at radius 1 is 0.149 bits per heavy atom. The molecule has 121 heavy (non-hydrogen) atoms. The molecule has 588 valence electrons. The molecule has 0 fully saturated rings. The Bertz CT molecular complexity index is 6110. The average Bonchev–Trinajstić information content (AvgIpc) is 0.795. The minimum Gasteiger partial charge on any atom is -0.497 e. The molecule has 0 heterocycles. The van der Waals surface area contributed by atoms with Crippen LogP contribution in [0.4, 0.5) is 85.3 Å². The van der Waals surface area contributed by atoms with Gasteiger partial charge in [0.25, 0.3) is 0 Å². The highest BCUT2D eigenvalue weighted by atomic mass is 16.5. The van der Waals surface area contributed by atoms with Gasteiger partial charge in [0, 0.05) is 106 Å². The fourth-order valence-electron chi connectivity index (χ4n) is 15.4. The van der Waals surface area contributed by atoms with Gasteiger partial charge in [-0.25, -0.2) is 0 Å². The fraction of sp³-hybridized carbons (Fsp3) is 0.0526. The van der Waals surface area contributed by atoms with E-state index >= 15 is 0 Å². The third-order valence-electron chi connectivity index (χ3n) is 22.0. The summed E-state index contributed by atoms with van der Waals surface area (Å²) in [6.07, 6.45) is 0. The minimum atomic E-state index is 0.851. The summed E-state index contributed by atoms with van der Waals surface area (Å²) in [5.74, 6) is 0.851. The van der Waals surface area contributed by atoms with E-state index in [4.69, 9.17) is 4.74 Å². The zero-order valence-corrected chi connectivity index (χ0v) is 69.1. The molecule has 0 aliphatic carbocycles. The summed E-state index contributed by atoms with van der Waals surface area (Å²) >= 11 is 0. The van der Waals surface area contributed by atoms with Crippen LogP contribution in [0.3, 0.4) is 0 Å². The monoisotopic (exact) mass is 1560 g/mol. The summed E-state index contributed by atoms with van der Waals surface area (Å²) in [5, 5.41) is 0. The minimum absolute atomic E-state index is 0.851. The number of methoxy groups -OCH3 is 1. The second-order valence-electron chi connectivity index (χ2n) is 30.1. The number of anilines is 15. The predicted molar refractivity (Wildman–Crippen MR) is 516 cm³/mol. The van der Waals surface area contributed by atoms with Crippen molar-refractivity contribution in [2.45, 2.75) is 13.8 Å². The van der Waals surface area contributed by atoms with Crippen LogP contribution >= 0.6 is 0 Å². The number of rotatable bonds is 22. The molecule has 0 aliphatic rings. The molecule has 7 heteroatoms. The van der Waals surface area contributed by atoms with Crippen molar-refractivity contribution in [1.29, 1.82) is 0 Å². The SMILES string of the molecule is COc1ccc(N(C)c2ccc(N(c3cccc(-c4ccccc4)c3)c3cccc(-c4ccccc4)c3)cc2)cc1.Cc1ccc(N(C)c2ccc(N(c3cccc(-c4ccccc4)c3)c3cccc(-c4ccccc4)c3)cc2)cc1.Cc1cccc(N(C)c2ccc(N(c3cccc(-c4ccccc4)c3)c3cccc(-c4ccccc4)c3)cc2)c1. The molecule has 18 aromatic rings. The number of hydrogen-bond acceptors (Lipinski definition) is 7. The average molecular weight is 1570 g/mol. The molecule has 0 saturated heterocycles. The van der Waals surface area contributed by atoms with Crippen molar-refractivity contribution in [2.75, 3.05) is 57.7 Å². The zero-order chi connectivity index (χ0) is 82.6. The fourth-order valence-corrected chi connectivity index (χ4v) is 15.4. The van der Waals surface area contributed by atoms with Crippen LogP contribution in [0.2, 0.25) is 0 Å². The van der Waals surface area contributed by atoms with E-state index in [2.05, 4.69) is 525 Å². The van der Waals surface area contributed by atoms with Crippen molar-refractivity contribution in [3.8, 4) is 72.5 Å². The summed E-state index contributed by atoms with van der Waals surface area (Å²) in [6.45, 7) is 4.25. The lowest BCUT2D eigenvalue weighted by Gasteiger charge is -2.27. The van der Waals surface area contributed by atoms with E-state index in [1.54, 1.807) is 7.11 Å². The largest absolute Gasteiger partial charge is 0.497 e. The molecular formula is C114H96N6O. The van der Waals surface area contributed by atoms with E-state index in [-0.39, 0.29) is 0 Å². The molecule has 0 bridgehead atoms. The lowest BCUT2D eigenvalue weighted by molar-refractivity contribution is 0.415. The molecule has 0 unspecified atom stereocenters. The third kappa shape index (κ3) is 19.3. The van der Waals surface area contributed by atoms with Gasteiger partial charge in [-0.2, -0.15) is 0 Å². The van der Waals surface area contributed by atoms with E-state index in [0.717, 1.165) is 79.7 Å². The van der Waals surface area contributed by atoms with E-state index in [1.807, 2.05) is 12.1 Å². The first-order chi connectivity index (χ1) is 59.5. The molecule has 0 aliphatic heterocycles. The number of hydrogen-bond donors (Lipinski definition) is 0. The predicted octanol–water partition coefficient (Wildman–Crippen LogP) is 31.4. The van der Waals surface area contributed by atoms with E-state index in [9.17, 15) is 0 Å². The molecule has 0 atom stereocenters. The molecule has 18 aromatic carbocycles. The number of nitrogens with zero attached hydrogens (tertiary/aromatic N) is 6. The zero-order valence-electron chi connectivity index (χ0n) is 69.1. The van der Waals surface area contributed by atoms with E-state index in [1.165, 1.54) is 89.3 Å². The second kappa shape index (κ2) is 38.1. The Hall–Kier alpha value is -15.4. The van der Waals surface area contributed by atoms with E-state index in [0.29, 0.717) is 0 Å². The summed E-state index contributed by atoms with van der Waals surface area (Å²) in [5.41, 5.74) is 33.7. The second-order valence-corrected chi connectivity index (χ2v) is 30.1. The van der Waals surface area contributed by atoms with Crippen LogP contribution in [0.25, 0.3) is 66.8 Å². The van der Waals surface area contributed by atoms with Gasteiger partial charge < -0.3 is 34.1 Å². The lowest BCUT2D eigenvalue weighted by atomic mass is 10.0. The summed E-state index contributed by atoms with van der Waals surface area (Å²) in [7, 11) is 8.01. The Balaban J connectivity index is 0.000000135. The Labute approximate surface area is 713 Å². The summed E-state index contributed by atoms with van der Waals surface area (Å²) < 4.78 is 5.33. The van der Waals surface area contributed by atoms with Crippen molar-refractivity contribution in [3.05, 3.63) is 484 Å². The van der Waals surface area contributed by atoms with Crippen molar-refractivity contribution in [3.63, 3.8) is 0 Å². The van der Waals surface area contributed by atoms with E-state index < -0.39 is 0 Å². The molecule has 0 aromatic heterocycles. The molecule has 0 radical (unpaired) electrons. The van der Waals surface area contributed by atoms with Gasteiger partial charge in [0.15, 0.2) is 0 Å². The quantitative estimate of drug-likeness (QED) is 0.0668. The van der Waals surface area contributed by atoms with Crippen LogP contribution in [0.15, 0.2) is 473 Å². The summed E-state index contributed by atoms with van der Waals surface area (Å²) in [6, 6.07) is 168. The van der Waals surface area contributed by atoms with Crippen LogP contribution in [-0.2, 0) is 0 Å². The van der Waals surface area contributed by atoms with Crippen LogP contribution in [0.5, 0.6) is 5.75 Å². The van der Waals surface area contributed by atoms with Crippen LogP contribution in [-0.4, -0.2) is 28.3 Å². The topological polar surface area (TPSA) is 28.7 Å². The maximum absolute atomic E-state index is 5.33. The maximum atomic E-state index is 5.33. The van der Waals surface area contributed by atoms with Crippen molar-refractivity contribution >= 4 is 85.3 Å². The number of benzene rings is 18. The van der Waals surface area contributed by atoms with Crippen LogP contribution < -0.4 is 34.1 Å².